The number of carbonyl (C=O) groups excluding carboxylic acids is 1. The van der Waals surface area contributed by atoms with E-state index in [0.29, 0.717) is 11.1 Å². The number of hydrogen-bond donors (Lipinski definition) is 0. The fourth-order valence-corrected chi connectivity index (χ4v) is 7.16. The first kappa shape index (κ1) is 22.8. The summed E-state index contributed by atoms with van der Waals surface area (Å²) in [5.74, 6) is -1.21. The van der Waals surface area contributed by atoms with Crippen LogP contribution in [0.4, 0.5) is 0 Å². The Morgan fingerprint density at radius 1 is 0.714 bits per heavy atom. The van der Waals surface area contributed by atoms with Crippen molar-refractivity contribution in [3.05, 3.63) is 130 Å². The fourth-order valence-electron chi connectivity index (χ4n) is 4.06. The smallest absolute Gasteiger partial charge is 0.211 e. The average Bonchev–Trinajstić information content (AvgIpc) is 3.18. The van der Waals surface area contributed by atoms with Gasteiger partial charge < -0.3 is 5.11 Å². The van der Waals surface area contributed by atoms with Crippen LogP contribution in [0.15, 0.2) is 123 Å². The normalized spacial score (nSPS) is 19.4. The van der Waals surface area contributed by atoms with Crippen molar-refractivity contribution >= 4 is 36.8 Å². The molecule has 0 saturated heterocycles. The van der Waals surface area contributed by atoms with Gasteiger partial charge in [0.2, 0.25) is 25.5 Å². The number of hydrogen-bond acceptors (Lipinski definition) is 6. The van der Waals surface area contributed by atoms with Crippen molar-refractivity contribution in [1.29, 1.82) is 0 Å². The Morgan fingerprint density at radius 2 is 1.29 bits per heavy atom. The molecule has 0 N–H and O–H groups in total. The van der Waals surface area contributed by atoms with Crippen LogP contribution in [0.5, 0.6) is 0 Å². The Balaban J connectivity index is 1.61. The number of benzene rings is 3. The monoisotopic (exact) mass is 501 g/mol. The maximum atomic E-state index is 12.9. The zero-order valence-corrected chi connectivity index (χ0v) is 19.7. The minimum atomic E-state index is -3.98. The van der Waals surface area contributed by atoms with Gasteiger partial charge in [-0.25, -0.2) is 16.8 Å². The lowest BCUT2D eigenvalue weighted by molar-refractivity contribution is -0.244. The largest absolute Gasteiger partial charge is 0.871 e. The molecule has 0 saturated carbocycles. The highest BCUT2D eigenvalue weighted by Gasteiger charge is 2.38. The number of Topliss-reactive ketones (excluding diaryl/α,β-unsaturated/α-hetero) is 1. The molecule has 0 amide bonds. The number of fused-ring (bicyclic) bond motifs is 2. The molecule has 35 heavy (non-hydrogen) atoms. The third-order valence-electron chi connectivity index (χ3n) is 5.80. The Kier molecular flexibility index (Phi) is 5.42. The topological polar surface area (TPSA) is 108 Å². The van der Waals surface area contributed by atoms with Crippen LogP contribution in [0.2, 0.25) is 0 Å². The molecule has 0 spiro atoms. The fraction of sp³-hybridized carbons (Fsp3) is 0. The summed E-state index contributed by atoms with van der Waals surface area (Å²) >= 11 is 0. The van der Waals surface area contributed by atoms with Crippen molar-refractivity contribution in [3.63, 3.8) is 0 Å². The standard InChI is InChI=1S/C27H18O6S2/c28-26-20-10-4-6-12-22(20)34(30,31)24(26)16-14-19(18-8-2-1-3-9-18)15-17-25-27(29)21-11-5-7-13-23(21)35(25,32)33/h1-17,28H/p-1/b16-14+,19-15-,25-17-. The molecule has 6 nitrogen and oxygen atoms in total. The predicted octanol–water partition coefficient (Wildman–Crippen LogP) is 3.70. The summed E-state index contributed by atoms with van der Waals surface area (Å²) in [4.78, 5) is 11.9. The first-order chi connectivity index (χ1) is 16.7. The molecule has 3 aromatic rings. The second kappa shape index (κ2) is 8.33. The zero-order valence-electron chi connectivity index (χ0n) is 18.1. The van der Waals surface area contributed by atoms with Crippen LogP contribution in [0.3, 0.4) is 0 Å². The SMILES string of the molecule is O=C1/C(=C/C=C(/C=C/C2=C([O-])c3ccccc3S2(=O)=O)c2ccccc2)S(=O)(=O)c2ccccc21. The van der Waals surface area contributed by atoms with Crippen molar-refractivity contribution in [2.75, 3.05) is 0 Å². The van der Waals surface area contributed by atoms with E-state index in [1.54, 1.807) is 54.6 Å². The zero-order chi connectivity index (χ0) is 24.8. The first-order valence-electron chi connectivity index (χ1n) is 10.5. The van der Waals surface area contributed by atoms with Gasteiger partial charge in [0, 0.05) is 5.56 Å². The van der Waals surface area contributed by atoms with E-state index >= 15 is 0 Å². The second-order valence-electron chi connectivity index (χ2n) is 7.87. The second-order valence-corrected chi connectivity index (χ2v) is 11.6. The van der Waals surface area contributed by atoms with Gasteiger partial charge in [0.25, 0.3) is 0 Å². The van der Waals surface area contributed by atoms with Gasteiger partial charge in [-0.1, -0.05) is 78.6 Å². The van der Waals surface area contributed by atoms with Crippen molar-refractivity contribution in [2.24, 2.45) is 0 Å². The third kappa shape index (κ3) is 3.67. The van der Waals surface area contributed by atoms with Crippen LogP contribution in [-0.4, -0.2) is 22.6 Å². The first-order valence-corrected chi connectivity index (χ1v) is 13.5. The molecule has 0 unspecified atom stereocenters. The molecule has 0 radical (unpaired) electrons. The molecule has 174 valence electrons. The Bertz CT molecular complexity index is 1720. The minimum Gasteiger partial charge on any atom is -0.871 e. The number of ketones is 1. The Morgan fingerprint density at radius 3 is 1.91 bits per heavy atom. The lowest BCUT2D eigenvalue weighted by Gasteiger charge is -2.08. The van der Waals surface area contributed by atoms with E-state index in [1.807, 2.05) is 0 Å². The summed E-state index contributed by atoms with van der Waals surface area (Å²) in [6, 6.07) is 20.8. The van der Waals surface area contributed by atoms with Gasteiger partial charge in [-0.3, -0.25) is 4.79 Å². The van der Waals surface area contributed by atoms with Crippen LogP contribution in [0, 0.1) is 0 Å². The molecular formula is C27H17O6S2-. The molecular weight excluding hydrogens is 484 g/mol. The van der Waals surface area contributed by atoms with E-state index < -0.39 is 31.2 Å². The highest BCUT2D eigenvalue weighted by molar-refractivity contribution is 7.97. The van der Waals surface area contributed by atoms with Crippen LogP contribution >= 0.6 is 0 Å². The van der Waals surface area contributed by atoms with E-state index in [2.05, 4.69) is 0 Å². The summed E-state index contributed by atoms with van der Waals surface area (Å²) < 4.78 is 51.6. The van der Waals surface area contributed by atoms with Gasteiger partial charge in [-0.2, -0.15) is 0 Å². The van der Waals surface area contributed by atoms with Crippen molar-refractivity contribution < 1.29 is 26.7 Å². The van der Waals surface area contributed by atoms with Gasteiger partial charge in [-0.15, -0.1) is 0 Å². The predicted molar refractivity (Wildman–Crippen MR) is 130 cm³/mol. The lowest BCUT2D eigenvalue weighted by Crippen LogP contribution is -2.03. The Hall–Kier alpha value is -4.01. The molecule has 0 aliphatic carbocycles. The number of rotatable bonds is 4. The summed E-state index contributed by atoms with van der Waals surface area (Å²) in [7, 11) is -7.96. The van der Waals surface area contributed by atoms with Crippen LogP contribution in [0.25, 0.3) is 11.3 Å². The Labute approximate surface area is 202 Å². The maximum Gasteiger partial charge on any atom is 0.211 e. The number of carbonyl (C=O) groups is 1. The molecule has 0 aromatic heterocycles. The van der Waals surface area contributed by atoms with Crippen LogP contribution in [-0.2, 0) is 19.7 Å². The molecule has 2 heterocycles. The summed E-state index contributed by atoms with van der Waals surface area (Å²) in [5, 5.41) is 12.8. The van der Waals surface area contributed by atoms with Crippen LogP contribution in [0.1, 0.15) is 21.5 Å². The van der Waals surface area contributed by atoms with Gasteiger partial charge in [0.1, 0.15) is 4.91 Å². The molecule has 0 bridgehead atoms. The molecule has 0 fully saturated rings. The van der Waals surface area contributed by atoms with E-state index in [0.717, 1.165) is 0 Å². The van der Waals surface area contributed by atoms with Crippen LogP contribution < -0.4 is 5.11 Å². The van der Waals surface area contributed by atoms with E-state index in [1.165, 1.54) is 48.6 Å². The van der Waals surface area contributed by atoms with Gasteiger partial charge >= 0.3 is 0 Å². The van der Waals surface area contributed by atoms with E-state index in [9.17, 15) is 26.7 Å². The van der Waals surface area contributed by atoms with Crippen molar-refractivity contribution in [1.82, 2.24) is 0 Å². The highest BCUT2D eigenvalue weighted by atomic mass is 32.2. The number of sulfone groups is 2. The summed E-state index contributed by atoms with van der Waals surface area (Å²) in [6.07, 6.45) is 5.30. The molecule has 3 aromatic carbocycles. The molecule has 5 rings (SSSR count). The third-order valence-corrected chi connectivity index (χ3v) is 9.48. The van der Waals surface area contributed by atoms with Gasteiger partial charge in [0.05, 0.1) is 14.7 Å². The molecule has 8 heteroatoms. The van der Waals surface area contributed by atoms with Gasteiger partial charge in [-0.05, 0) is 47.1 Å². The quantitative estimate of drug-likeness (QED) is 0.398. The average molecular weight is 502 g/mol. The minimum absolute atomic E-state index is 0.0441. The molecule has 2 aliphatic rings. The lowest BCUT2D eigenvalue weighted by atomic mass is 10.0. The van der Waals surface area contributed by atoms with E-state index in [-0.39, 0.29) is 30.7 Å². The number of allylic oxidation sites excluding steroid dienone is 6. The molecule has 2 aliphatic heterocycles. The van der Waals surface area contributed by atoms with Crippen molar-refractivity contribution in [3.8, 4) is 0 Å². The summed E-state index contributed by atoms with van der Waals surface area (Å²) in [6.45, 7) is 0. The van der Waals surface area contributed by atoms with Crippen molar-refractivity contribution in [2.45, 2.75) is 9.79 Å². The maximum absolute atomic E-state index is 12.9. The van der Waals surface area contributed by atoms with E-state index in [4.69, 9.17) is 0 Å². The summed E-state index contributed by atoms with van der Waals surface area (Å²) in [5.41, 5.74) is 1.28. The molecule has 0 atom stereocenters. The van der Waals surface area contributed by atoms with Gasteiger partial charge in [0.15, 0.2) is 0 Å². The highest BCUT2D eigenvalue weighted by Crippen LogP contribution is 2.37.